The fraction of sp³-hybridized carbons (Fsp3) is 0.517. The van der Waals surface area contributed by atoms with Crippen LogP contribution in [0.25, 0.3) is 0 Å². The molecule has 0 radical (unpaired) electrons. The Morgan fingerprint density at radius 3 is 2.37 bits per heavy atom. The van der Waals surface area contributed by atoms with E-state index in [1.54, 1.807) is 4.90 Å². The van der Waals surface area contributed by atoms with E-state index in [1.807, 2.05) is 36.4 Å². The van der Waals surface area contributed by atoms with Gasteiger partial charge < -0.3 is 26.0 Å². The maximum atomic E-state index is 13.8. The number of amides is 3. The van der Waals surface area contributed by atoms with Crippen LogP contribution in [0.1, 0.15) is 56.9 Å². The number of hydrogen-bond acceptors (Lipinski definition) is 5. The maximum absolute atomic E-state index is 13.8. The molecule has 1 aliphatic carbocycles. The molecule has 0 unspecified atom stereocenters. The Morgan fingerprint density at radius 2 is 1.68 bits per heavy atom. The van der Waals surface area contributed by atoms with Crippen LogP contribution < -0.4 is 11.1 Å². The second kappa shape index (κ2) is 12.9. The van der Waals surface area contributed by atoms with Crippen molar-refractivity contribution in [3.05, 3.63) is 59.7 Å². The van der Waals surface area contributed by atoms with Crippen molar-refractivity contribution in [3.63, 3.8) is 0 Å². The van der Waals surface area contributed by atoms with E-state index in [4.69, 9.17) is 5.73 Å². The fourth-order valence-electron chi connectivity index (χ4n) is 5.70. The lowest BCUT2D eigenvalue weighted by molar-refractivity contribution is -0.152. The largest absolute Gasteiger partial charge is 0.480 e. The molecule has 0 bridgehead atoms. The molecule has 2 heterocycles. The Balaban J connectivity index is 1.45. The zero-order valence-electron chi connectivity index (χ0n) is 21.8. The molecule has 0 spiro atoms. The summed E-state index contributed by atoms with van der Waals surface area (Å²) >= 11 is 0. The molecule has 1 aromatic carbocycles. The number of nitrogens with zero attached hydrogens (tertiary/aromatic N) is 2. The fourth-order valence-corrected chi connectivity index (χ4v) is 5.70. The summed E-state index contributed by atoms with van der Waals surface area (Å²) in [6, 6.07) is 6.92. The smallest absolute Gasteiger partial charge is 0.326 e. The number of carbonyl (C=O) groups is 4. The maximum Gasteiger partial charge on any atom is 0.326 e. The number of nitrogens with two attached hydrogens (primary N) is 1. The quantitative estimate of drug-likeness (QED) is 0.431. The summed E-state index contributed by atoms with van der Waals surface area (Å²) in [7, 11) is 0. The van der Waals surface area contributed by atoms with Crippen LogP contribution in [0.4, 0.5) is 0 Å². The number of carbonyl (C=O) groups excluding carboxylic acids is 3. The van der Waals surface area contributed by atoms with Crippen LogP contribution >= 0.6 is 0 Å². The molecule has 9 heteroatoms. The summed E-state index contributed by atoms with van der Waals surface area (Å²) in [6.45, 7) is 0.779. The monoisotopic (exact) mass is 522 g/mol. The molecule has 4 rings (SSSR count). The average Bonchev–Trinajstić information content (AvgIpc) is 3.59. The highest BCUT2D eigenvalue weighted by Gasteiger charge is 2.43. The Kier molecular flexibility index (Phi) is 9.33. The van der Waals surface area contributed by atoms with E-state index in [9.17, 15) is 24.3 Å². The predicted molar refractivity (Wildman–Crippen MR) is 143 cm³/mol. The van der Waals surface area contributed by atoms with Gasteiger partial charge in [-0.15, -0.1) is 0 Å². The molecule has 9 nitrogen and oxygen atoms in total. The first kappa shape index (κ1) is 27.6. The SMILES string of the molecule is N[C@H](CC(=O)N[C@@H](CC1=CCCC=C1)C(=O)N1CCC[C@@H]1C(=O)N1CCC[C@@H]1C(=O)O)Cc1ccccc1. The van der Waals surface area contributed by atoms with Gasteiger partial charge in [-0.25, -0.2) is 4.79 Å². The van der Waals surface area contributed by atoms with Gasteiger partial charge in [0.1, 0.15) is 18.1 Å². The number of likely N-dealkylation sites (tertiary alicyclic amines) is 2. The van der Waals surface area contributed by atoms with E-state index in [0.29, 0.717) is 51.6 Å². The Labute approximate surface area is 223 Å². The summed E-state index contributed by atoms with van der Waals surface area (Å²) in [4.78, 5) is 54.8. The summed E-state index contributed by atoms with van der Waals surface area (Å²) in [5.74, 6) is -1.94. The zero-order valence-corrected chi connectivity index (χ0v) is 21.8. The van der Waals surface area contributed by atoms with E-state index in [-0.39, 0.29) is 24.1 Å². The van der Waals surface area contributed by atoms with Gasteiger partial charge in [-0.05, 0) is 56.1 Å². The van der Waals surface area contributed by atoms with Crippen molar-refractivity contribution in [2.45, 2.75) is 82.0 Å². The third kappa shape index (κ3) is 6.89. The lowest BCUT2D eigenvalue weighted by Gasteiger charge is -2.32. The highest BCUT2D eigenvalue weighted by atomic mass is 16.4. The van der Waals surface area contributed by atoms with Crippen molar-refractivity contribution in [2.24, 2.45) is 5.73 Å². The molecule has 204 valence electrons. The van der Waals surface area contributed by atoms with Crippen LogP contribution in [0.15, 0.2) is 54.1 Å². The first-order valence-corrected chi connectivity index (χ1v) is 13.6. The molecule has 3 amide bonds. The minimum atomic E-state index is -1.01. The van der Waals surface area contributed by atoms with E-state index < -0.39 is 30.1 Å². The number of allylic oxidation sites excluding steroid dienone is 3. The van der Waals surface area contributed by atoms with Crippen molar-refractivity contribution in [1.29, 1.82) is 0 Å². The third-order valence-corrected chi connectivity index (χ3v) is 7.58. The minimum absolute atomic E-state index is 0.0734. The number of hydrogen-bond donors (Lipinski definition) is 3. The van der Waals surface area contributed by atoms with Crippen molar-refractivity contribution < 1.29 is 24.3 Å². The van der Waals surface area contributed by atoms with Crippen LogP contribution in [0.2, 0.25) is 0 Å². The minimum Gasteiger partial charge on any atom is -0.480 e. The Morgan fingerprint density at radius 1 is 0.974 bits per heavy atom. The molecular formula is C29H38N4O5. The number of nitrogens with one attached hydrogen (secondary N) is 1. The van der Waals surface area contributed by atoms with Crippen LogP contribution in [-0.4, -0.2) is 75.9 Å². The molecule has 0 saturated carbocycles. The van der Waals surface area contributed by atoms with Crippen molar-refractivity contribution in [1.82, 2.24) is 15.1 Å². The standard InChI is InChI=1S/C29H38N4O5/c30-22(17-20-9-3-1-4-10-20)19-26(34)31-23(18-21-11-5-2-6-12-21)27(35)32-15-7-13-24(32)28(36)33-16-8-14-25(33)29(37)38/h1,3-5,9-12,22-25H,2,6-8,13-19,30H2,(H,31,34)(H,37,38)/t22-,23-,24+,25+/m0/s1. The van der Waals surface area contributed by atoms with E-state index >= 15 is 0 Å². The number of aliphatic carboxylic acids is 1. The van der Waals surface area contributed by atoms with Gasteiger partial charge in [0, 0.05) is 32.0 Å². The van der Waals surface area contributed by atoms with E-state index in [1.165, 1.54) is 4.90 Å². The highest BCUT2D eigenvalue weighted by molar-refractivity contribution is 5.94. The zero-order chi connectivity index (χ0) is 27.1. The lowest BCUT2D eigenvalue weighted by atomic mass is 9.98. The van der Waals surface area contributed by atoms with E-state index in [2.05, 4.69) is 17.5 Å². The van der Waals surface area contributed by atoms with Crippen molar-refractivity contribution in [3.8, 4) is 0 Å². The van der Waals surface area contributed by atoms with Gasteiger partial charge >= 0.3 is 5.97 Å². The molecule has 4 atom stereocenters. The van der Waals surface area contributed by atoms with Crippen LogP contribution in [0.5, 0.6) is 0 Å². The van der Waals surface area contributed by atoms with E-state index in [0.717, 1.165) is 24.0 Å². The van der Waals surface area contributed by atoms with Gasteiger partial charge in [0.25, 0.3) is 0 Å². The third-order valence-electron chi connectivity index (χ3n) is 7.58. The second-order valence-electron chi connectivity index (χ2n) is 10.5. The summed E-state index contributed by atoms with van der Waals surface area (Å²) < 4.78 is 0. The number of rotatable bonds is 10. The molecule has 3 aliphatic rings. The molecule has 1 aromatic rings. The van der Waals surface area contributed by atoms with Crippen LogP contribution in [0, 0.1) is 0 Å². The van der Waals surface area contributed by atoms with Gasteiger partial charge in [0.05, 0.1) is 0 Å². The molecule has 38 heavy (non-hydrogen) atoms. The Hall–Kier alpha value is -3.46. The highest BCUT2D eigenvalue weighted by Crippen LogP contribution is 2.27. The summed E-state index contributed by atoms with van der Waals surface area (Å²) in [6.07, 6.45) is 11.0. The molecule has 2 aliphatic heterocycles. The molecule has 2 fully saturated rings. The number of benzene rings is 1. The predicted octanol–water partition coefficient (Wildman–Crippen LogP) is 2.16. The van der Waals surface area contributed by atoms with Gasteiger partial charge in [0.15, 0.2) is 0 Å². The first-order chi connectivity index (χ1) is 18.3. The van der Waals surface area contributed by atoms with Crippen molar-refractivity contribution >= 4 is 23.7 Å². The normalized spacial score (nSPS) is 22.6. The van der Waals surface area contributed by atoms with Crippen LogP contribution in [0.3, 0.4) is 0 Å². The first-order valence-electron chi connectivity index (χ1n) is 13.6. The number of carboxylic acids is 1. The Bertz CT molecular complexity index is 1090. The van der Waals surface area contributed by atoms with Gasteiger partial charge in [-0.2, -0.15) is 0 Å². The molecule has 0 aromatic heterocycles. The topological polar surface area (TPSA) is 133 Å². The lowest BCUT2D eigenvalue weighted by Crippen LogP contribution is -2.55. The molecule has 2 saturated heterocycles. The van der Waals surface area contributed by atoms with Crippen molar-refractivity contribution in [2.75, 3.05) is 13.1 Å². The average molecular weight is 523 g/mol. The molecular weight excluding hydrogens is 484 g/mol. The van der Waals surface area contributed by atoms with Gasteiger partial charge in [0.2, 0.25) is 17.7 Å². The van der Waals surface area contributed by atoms with Gasteiger partial charge in [-0.1, -0.05) is 48.6 Å². The number of carboxylic acid groups (broad SMARTS) is 1. The van der Waals surface area contributed by atoms with Gasteiger partial charge in [-0.3, -0.25) is 14.4 Å². The molecule has 4 N–H and O–H groups in total. The van der Waals surface area contributed by atoms with Crippen LogP contribution in [-0.2, 0) is 25.6 Å². The summed E-state index contributed by atoms with van der Waals surface area (Å²) in [5, 5.41) is 12.5. The second-order valence-corrected chi connectivity index (χ2v) is 10.5. The summed E-state index contributed by atoms with van der Waals surface area (Å²) in [5.41, 5.74) is 8.27.